The number of tetrazole rings is 1. The minimum absolute atomic E-state index is 0. The predicted molar refractivity (Wildman–Crippen MR) is 89.2 cm³/mol. The lowest BCUT2D eigenvalue weighted by atomic mass is 10.1. The maximum Gasteiger partial charge on any atom is 0.246 e. The van der Waals surface area contributed by atoms with Crippen LogP contribution in [-0.2, 0) is 11.3 Å². The maximum absolute atomic E-state index is 12.3. The molecule has 1 aliphatic rings. The molecule has 0 radical (unpaired) electrons. The number of halogens is 1. The Morgan fingerprint density at radius 2 is 2.00 bits per heavy atom. The van der Waals surface area contributed by atoms with Crippen molar-refractivity contribution in [3.8, 4) is 11.4 Å². The second-order valence-corrected chi connectivity index (χ2v) is 5.50. The molecule has 0 saturated carbocycles. The molecule has 1 amide bonds. The Bertz CT molecular complexity index is 626. The Labute approximate surface area is 141 Å². The van der Waals surface area contributed by atoms with Crippen LogP contribution in [0.25, 0.3) is 11.4 Å². The van der Waals surface area contributed by atoms with E-state index in [9.17, 15) is 4.79 Å². The average Bonchev–Trinajstić information content (AvgIpc) is 3.04. The van der Waals surface area contributed by atoms with Gasteiger partial charge in [0.15, 0.2) is 0 Å². The molecule has 3 rings (SSSR count). The van der Waals surface area contributed by atoms with E-state index in [0.717, 1.165) is 31.5 Å². The number of amides is 1. The van der Waals surface area contributed by atoms with Crippen molar-refractivity contribution in [2.24, 2.45) is 0 Å². The summed E-state index contributed by atoms with van der Waals surface area (Å²) in [5, 5.41) is 15.6. The molecule has 7 nitrogen and oxygen atoms in total. The highest BCUT2D eigenvalue weighted by atomic mass is 35.5. The minimum Gasteiger partial charge on any atom is -0.341 e. The molecule has 0 unspecified atom stereocenters. The monoisotopic (exact) mass is 336 g/mol. The van der Waals surface area contributed by atoms with Gasteiger partial charge in [-0.05, 0) is 31.1 Å². The lowest BCUT2D eigenvalue weighted by Gasteiger charge is -2.31. The molecule has 0 atom stereocenters. The Morgan fingerprint density at radius 3 is 2.70 bits per heavy atom. The summed E-state index contributed by atoms with van der Waals surface area (Å²) < 4.78 is 0. The van der Waals surface area contributed by atoms with Gasteiger partial charge in [-0.25, -0.2) is 0 Å². The number of aromatic nitrogens is 4. The summed E-state index contributed by atoms with van der Waals surface area (Å²) in [6, 6.07) is 9.92. The van der Waals surface area contributed by atoms with Crippen LogP contribution in [-0.4, -0.2) is 57.2 Å². The molecule has 0 aliphatic carbocycles. The van der Waals surface area contributed by atoms with Crippen molar-refractivity contribution in [1.29, 1.82) is 0 Å². The lowest BCUT2D eigenvalue weighted by molar-refractivity contribution is -0.133. The van der Waals surface area contributed by atoms with Gasteiger partial charge in [0, 0.05) is 18.7 Å². The van der Waals surface area contributed by atoms with Crippen molar-refractivity contribution >= 4 is 18.3 Å². The van der Waals surface area contributed by atoms with Crippen LogP contribution in [0.15, 0.2) is 30.3 Å². The second-order valence-electron chi connectivity index (χ2n) is 5.50. The van der Waals surface area contributed by atoms with E-state index < -0.39 is 0 Å². The largest absolute Gasteiger partial charge is 0.341 e. The molecule has 1 aromatic carbocycles. The summed E-state index contributed by atoms with van der Waals surface area (Å²) in [6.45, 7) is 2.05. The van der Waals surface area contributed by atoms with Crippen LogP contribution < -0.4 is 5.32 Å². The first-order valence-corrected chi connectivity index (χ1v) is 7.53. The smallest absolute Gasteiger partial charge is 0.246 e. The molecular formula is C15H21ClN6O. The van der Waals surface area contributed by atoms with Gasteiger partial charge in [-0.2, -0.15) is 4.80 Å². The van der Waals surface area contributed by atoms with Crippen LogP contribution in [0, 0.1) is 0 Å². The van der Waals surface area contributed by atoms with Crippen molar-refractivity contribution in [2.45, 2.75) is 25.4 Å². The van der Waals surface area contributed by atoms with Gasteiger partial charge in [-0.3, -0.25) is 4.79 Å². The molecule has 1 saturated heterocycles. The SMILES string of the molecule is CN(C(=O)Cn1nnc(-c2ccccc2)n1)C1CCNCC1.Cl. The lowest BCUT2D eigenvalue weighted by Crippen LogP contribution is -2.45. The minimum atomic E-state index is 0. The Balaban J connectivity index is 0.00000192. The van der Waals surface area contributed by atoms with Crippen LogP contribution in [0.2, 0.25) is 0 Å². The van der Waals surface area contributed by atoms with Crippen molar-refractivity contribution in [3.63, 3.8) is 0 Å². The summed E-state index contributed by atoms with van der Waals surface area (Å²) in [7, 11) is 1.85. The number of nitrogens with one attached hydrogen (secondary N) is 1. The van der Waals surface area contributed by atoms with Gasteiger partial charge in [0.1, 0.15) is 6.54 Å². The van der Waals surface area contributed by atoms with Crippen molar-refractivity contribution in [1.82, 2.24) is 30.4 Å². The van der Waals surface area contributed by atoms with E-state index in [2.05, 4.69) is 20.7 Å². The Hall–Kier alpha value is -1.99. The van der Waals surface area contributed by atoms with Crippen molar-refractivity contribution in [3.05, 3.63) is 30.3 Å². The fourth-order valence-electron chi connectivity index (χ4n) is 2.64. The zero-order valence-electron chi connectivity index (χ0n) is 13.1. The van der Waals surface area contributed by atoms with Gasteiger partial charge in [0.05, 0.1) is 0 Å². The van der Waals surface area contributed by atoms with Crippen LogP contribution in [0.3, 0.4) is 0 Å². The molecular weight excluding hydrogens is 316 g/mol. The summed E-state index contributed by atoms with van der Waals surface area (Å²) >= 11 is 0. The van der Waals surface area contributed by atoms with E-state index in [0.29, 0.717) is 11.9 Å². The third-order valence-corrected chi connectivity index (χ3v) is 4.01. The van der Waals surface area contributed by atoms with Crippen LogP contribution in [0.4, 0.5) is 0 Å². The number of likely N-dealkylation sites (N-methyl/N-ethyl adjacent to an activating group) is 1. The molecule has 1 aromatic heterocycles. The Kier molecular flexibility index (Phi) is 6.06. The number of hydrogen-bond donors (Lipinski definition) is 1. The summed E-state index contributed by atoms with van der Waals surface area (Å²) in [4.78, 5) is 15.5. The van der Waals surface area contributed by atoms with Crippen molar-refractivity contribution in [2.75, 3.05) is 20.1 Å². The number of hydrogen-bond acceptors (Lipinski definition) is 5. The highest BCUT2D eigenvalue weighted by molar-refractivity contribution is 5.85. The third kappa shape index (κ3) is 4.27. The van der Waals surface area contributed by atoms with E-state index in [1.165, 1.54) is 4.80 Å². The summed E-state index contributed by atoms with van der Waals surface area (Å²) in [5.74, 6) is 0.557. The quantitative estimate of drug-likeness (QED) is 0.900. The molecule has 2 heterocycles. The number of carbonyl (C=O) groups is 1. The molecule has 23 heavy (non-hydrogen) atoms. The molecule has 1 N–H and O–H groups in total. The number of nitrogens with zero attached hydrogens (tertiary/aromatic N) is 5. The second kappa shape index (κ2) is 8.03. The highest BCUT2D eigenvalue weighted by Crippen LogP contribution is 2.13. The number of carbonyl (C=O) groups excluding carboxylic acids is 1. The number of piperidine rings is 1. The first-order valence-electron chi connectivity index (χ1n) is 7.53. The Morgan fingerprint density at radius 1 is 1.30 bits per heavy atom. The van der Waals surface area contributed by atoms with E-state index >= 15 is 0 Å². The summed E-state index contributed by atoms with van der Waals surface area (Å²) in [6.07, 6.45) is 1.98. The van der Waals surface area contributed by atoms with E-state index in [1.54, 1.807) is 0 Å². The molecule has 124 valence electrons. The average molecular weight is 337 g/mol. The molecule has 0 spiro atoms. The highest BCUT2D eigenvalue weighted by Gasteiger charge is 2.22. The van der Waals surface area contributed by atoms with E-state index in [4.69, 9.17) is 0 Å². The summed E-state index contributed by atoms with van der Waals surface area (Å²) in [5.41, 5.74) is 0.896. The van der Waals surface area contributed by atoms with Gasteiger partial charge in [-0.15, -0.1) is 22.6 Å². The first kappa shape index (κ1) is 17.4. The number of benzene rings is 1. The fraction of sp³-hybridized carbons (Fsp3) is 0.467. The van der Waals surface area contributed by atoms with Crippen LogP contribution >= 0.6 is 12.4 Å². The standard InChI is InChI=1S/C15H20N6O.ClH/c1-20(13-7-9-16-10-8-13)14(22)11-21-18-15(17-19-21)12-5-3-2-4-6-12;/h2-6,13,16H,7-11H2,1H3;1H. The zero-order valence-corrected chi connectivity index (χ0v) is 13.9. The van der Waals surface area contributed by atoms with E-state index in [1.807, 2.05) is 42.3 Å². The topological polar surface area (TPSA) is 75.9 Å². The fourth-order valence-corrected chi connectivity index (χ4v) is 2.64. The van der Waals surface area contributed by atoms with E-state index in [-0.39, 0.29) is 24.9 Å². The molecule has 1 aliphatic heterocycles. The molecule has 8 heteroatoms. The predicted octanol–water partition coefficient (Wildman–Crippen LogP) is 0.972. The van der Waals surface area contributed by atoms with Crippen molar-refractivity contribution < 1.29 is 4.79 Å². The van der Waals surface area contributed by atoms with Crippen LogP contribution in [0.5, 0.6) is 0 Å². The zero-order chi connectivity index (χ0) is 15.4. The maximum atomic E-state index is 12.3. The third-order valence-electron chi connectivity index (χ3n) is 4.01. The molecule has 2 aromatic rings. The normalized spacial score (nSPS) is 15.0. The van der Waals surface area contributed by atoms with Gasteiger partial charge in [0.25, 0.3) is 0 Å². The van der Waals surface area contributed by atoms with Gasteiger partial charge < -0.3 is 10.2 Å². The molecule has 1 fully saturated rings. The number of rotatable bonds is 4. The van der Waals surface area contributed by atoms with Gasteiger partial charge >= 0.3 is 0 Å². The van der Waals surface area contributed by atoms with Gasteiger partial charge in [0.2, 0.25) is 11.7 Å². The first-order chi connectivity index (χ1) is 10.7. The van der Waals surface area contributed by atoms with Gasteiger partial charge in [-0.1, -0.05) is 30.3 Å². The molecule has 0 bridgehead atoms. The van der Waals surface area contributed by atoms with Crippen LogP contribution in [0.1, 0.15) is 12.8 Å².